The molecular weight excluding hydrogens is 392 g/mol. The molecule has 0 radical (unpaired) electrons. The molecule has 2 amide bonds. The quantitative estimate of drug-likeness (QED) is 0.782. The number of benzene rings is 2. The number of nitrogens with one attached hydrogen (secondary N) is 2. The lowest BCUT2D eigenvalue weighted by Gasteiger charge is -2.20. The van der Waals surface area contributed by atoms with Gasteiger partial charge >= 0.3 is 0 Å². The van der Waals surface area contributed by atoms with E-state index >= 15 is 0 Å². The average molecular weight is 417 g/mol. The van der Waals surface area contributed by atoms with E-state index in [0.717, 1.165) is 11.1 Å². The lowest BCUT2D eigenvalue weighted by molar-refractivity contribution is -0.120. The zero-order valence-electron chi connectivity index (χ0n) is 16.8. The van der Waals surface area contributed by atoms with Crippen LogP contribution in [0.2, 0.25) is 5.02 Å². The first-order chi connectivity index (χ1) is 13.7. The second-order valence-electron chi connectivity index (χ2n) is 7.89. The number of amides is 2. The van der Waals surface area contributed by atoms with Gasteiger partial charge in [0.25, 0.3) is 5.91 Å². The van der Waals surface area contributed by atoms with Crippen molar-refractivity contribution in [2.24, 2.45) is 0 Å². The minimum atomic E-state index is -0.296. The summed E-state index contributed by atoms with van der Waals surface area (Å²) >= 11 is 6.20. The molecule has 0 saturated heterocycles. The van der Waals surface area contributed by atoms with Gasteiger partial charge in [-0.25, -0.2) is 0 Å². The van der Waals surface area contributed by atoms with E-state index in [1.165, 1.54) is 0 Å². The molecule has 0 aliphatic carbocycles. The van der Waals surface area contributed by atoms with Crippen molar-refractivity contribution in [3.63, 3.8) is 0 Å². The van der Waals surface area contributed by atoms with E-state index in [-0.39, 0.29) is 30.3 Å². The molecule has 29 heavy (non-hydrogen) atoms. The van der Waals surface area contributed by atoms with Crippen LogP contribution in [-0.2, 0) is 16.8 Å². The van der Waals surface area contributed by atoms with Crippen LogP contribution in [0, 0.1) is 0 Å². The molecule has 1 aliphatic rings. The zero-order valence-corrected chi connectivity index (χ0v) is 17.6. The highest BCUT2D eigenvalue weighted by molar-refractivity contribution is 6.32. The van der Waals surface area contributed by atoms with Crippen LogP contribution < -0.4 is 20.1 Å². The molecule has 0 saturated carbocycles. The maximum atomic E-state index is 12.3. The van der Waals surface area contributed by atoms with Crippen LogP contribution in [0.1, 0.15) is 42.3 Å². The van der Waals surface area contributed by atoms with Crippen molar-refractivity contribution in [1.82, 2.24) is 10.6 Å². The van der Waals surface area contributed by atoms with Crippen LogP contribution >= 0.6 is 11.6 Å². The Morgan fingerprint density at radius 2 is 1.72 bits per heavy atom. The van der Waals surface area contributed by atoms with Gasteiger partial charge in [-0.05, 0) is 40.8 Å². The molecule has 154 valence electrons. The van der Waals surface area contributed by atoms with Crippen LogP contribution in [0.3, 0.4) is 0 Å². The van der Waals surface area contributed by atoms with E-state index in [2.05, 4.69) is 31.4 Å². The van der Waals surface area contributed by atoms with E-state index in [4.69, 9.17) is 21.1 Å². The monoisotopic (exact) mass is 416 g/mol. The molecule has 2 aromatic carbocycles. The fourth-order valence-corrected chi connectivity index (χ4v) is 3.20. The topological polar surface area (TPSA) is 76.7 Å². The molecule has 0 aromatic heterocycles. The summed E-state index contributed by atoms with van der Waals surface area (Å²) in [4.78, 5) is 24.3. The molecule has 0 bridgehead atoms. The van der Waals surface area contributed by atoms with Gasteiger partial charge < -0.3 is 20.1 Å². The minimum absolute atomic E-state index is 0.0195. The molecule has 1 heterocycles. The van der Waals surface area contributed by atoms with Crippen LogP contribution in [0.15, 0.2) is 36.4 Å². The lowest BCUT2D eigenvalue weighted by atomic mass is 9.87. The number of fused-ring (bicyclic) bond motifs is 1. The minimum Gasteiger partial charge on any atom is -0.486 e. The van der Waals surface area contributed by atoms with Crippen molar-refractivity contribution in [1.29, 1.82) is 0 Å². The van der Waals surface area contributed by atoms with Crippen LogP contribution in [0.4, 0.5) is 0 Å². The van der Waals surface area contributed by atoms with E-state index in [1.54, 1.807) is 24.3 Å². The molecule has 2 N–H and O–H groups in total. The number of hydrogen-bond acceptors (Lipinski definition) is 4. The molecule has 6 nitrogen and oxygen atoms in total. The SMILES string of the molecule is CC(C)(C)c1ccc(C(=O)NCC(=O)NCc2cc(Cl)c3c(c2)OCCO3)cc1. The summed E-state index contributed by atoms with van der Waals surface area (Å²) in [5, 5.41) is 5.84. The molecular formula is C22H25ClN2O4. The number of carbonyl (C=O) groups excluding carboxylic acids is 2. The average Bonchev–Trinajstić information content (AvgIpc) is 2.70. The smallest absolute Gasteiger partial charge is 0.251 e. The highest BCUT2D eigenvalue weighted by atomic mass is 35.5. The Labute approximate surface area is 175 Å². The van der Waals surface area contributed by atoms with Gasteiger partial charge in [-0.2, -0.15) is 0 Å². The summed E-state index contributed by atoms with van der Waals surface area (Å²) in [7, 11) is 0. The van der Waals surface area contributed by atoms with Gasteiger partial charge in [0.2, 0.25) is 5.91 Å². The summed E-state index contributed by atoms with van der Waals surface area (Å²) in [6.07, 6.45) is 0. The van der Waals surface area contributed by atoms with Crippen molar-refractivity contribution in [3.05, 3.63) is 58.1 Å². The Hall–Kier alpha value is -2.73. The van der Waals surface area contributed by atoms with Crippen LogP contribution in [-0.4, -0.2) is 31.6 Å². The molecule has 0 spiro atoms. The molecule has 7 heteroatoms. The second-order valence-corrected chi connectivity index (χ2v) is 8.30. The Bertz CT molecular complexity index is 904. The normalized spacial score (nSPS) is 13.0. The molecule has 0 atom stereocenters. The zero-order chi connectivity index (χ0) is 21.0. The maximum Gasteiger partial charge on any atom is 0.251 e. The number of halogens is 1. The third-order valence-electron chi connectivity index (χ3n) is 4.57. The maximum absolute atomic E-state index is 12.3. The predicted octanol–water partition coefficient (Wildman–Crippen LogP) is 3.45. The van der Waals surface area contributed by atoms with Crippen LogP contribution in [0.25, 0.3) is 0 Å². The van der Waals surface area contributed by atoms with E-state index in [0.29, 0.717) is 35.3 Å². The Kier molecular flexibility index (Phi) is 6.33. The van der Waals surface area contributed by atoms with Gasteiger partial charge in [0.05, 0.1) is 11.6 Å². The molecule has 0 fully saturated rings. The first-order valence-electron chi connectivity index (χ1n) is 9.47. The molecule has 3 rings (SSSR count). The standard InChI is InChI=1S/C22H25ClN2O4/c1-22(2,3)16-6-4-15(5-7-16)21(27)25-13-19(26)24-12-14-10-17(23)20-18(11-14)28-8-9-29-20/h4-7,10-11H,8-9,12-13H2,1-3H3,(H,24,26)(H,25,27). The number of ether oxygens (including phenoxy) is 2. The predicted molar refractivity (Wildman–Crippen MR) is 112 cm³/mol. The first-order valence-corrected chi connectivity index (χ1v) is 9.85. The fraction of sp³-hybridized carbons (Fsp3) is 0.364. The largest absolute Gasteiger partial charge is 0.486 e. The van der Waals surface area contributed by atoms with Gasteiger partial charge in [-0.1, -0.05) is 44.5 Å². The van der Waals surface area contributed by atoms with E-state index in [9.17, 15) is 9.59 Å². The van der Waals surface area contributed by atoms with Crippen molar-refractivity contribution in [2.45, 2.75) is 32.7 Å². The summed E-state index contributed by atoms with van der Waals surface area (Å²) in [6.45, 7) is 7.41. The summed E-state index contributed by atoms with van der Waals surface area (Å²) in [5.74, 6) is 0.511. The van der Waals surface area contributed by atoms with Gasteiger partial charge in [-0.3, -0.25) is 9.59 Å². The van der Waals surface area contributed by atoms with Crippen LogP contribution in [0.5, 0.6) is 11.5 Å². The van der Waals surface area contributed by atoms with Crippen molar-refractivity contribution >= 4 is 23.4 Å². The Balaban J connectivity index is 1.50. The highest BCUT2D eigenvalue weighted by Crippen LogP contribution is 2.38. The molecule has 2 aromatic rings. The first kappa shape index (κ1) is 21.0. The van der Waals surface area contributed by atoms with Gasteiger partial charge in [0.15, 0.2) is 11.5 Å². The van der Waals surface area contributed by atoms with Gasteiger partial charge in [0, 0.05) is 12.1 Å². The second kappa shape index (κ2) is 8.74. The summed E-state index contributed by atoms with van der Waals surface area (Å²) < 4.78 is 11.0. The summed E-state index contributed by atoms with van der Waals surface area (Å²) in [6, 6.07) is 10.9. The molecule has 1 aliphatic heterocycles. The van der Waals surface area contributed by atoms with Crippen molar-refractivity contribution < 1.29 is 19.1 Å². The molecule has 0 unspecified atom stereocenters. The number of carbonyl (C=O) groups is 2. The number of rotatable bonds is 5. The summed E-state index contributed by atoms with van der Waals surface area (Å²) in [5.41, 5.74) is 2.47. The van der Waals surface area contributed by atoms with E-state index < -0.39 is 0 Å². The third-order valence-corrected chi connectivity index (χ3v) is 4.85. The van der Waals surface area contributed by atoms with E-state index in [1.807, 2.05) is 12.1 Å². The Morgan fingerprint density at radius 1 is 1.03 bits per heavy atom. The third kappa shape index (κ3) is 5.41. The lowest BCUT2D eigenvalue weighted by Crippen LogP contribution is -2.36. The fourth-order valence-electron chi connectivity index (χ4n) is 2.91. The number of hydrogen-bond donors (Lipinski definition) is 2. The Morgan fingerprint density at radius 3 is 2.41 bits per heavy atom. The highest BCUT2D eigenvalue weighted by Gasteiger charge is 2.17. The van der Waals surface area contributed by atoms with Gasteiger partial charge in [0.1, 0.15) is 13.2 Å². The van der Waals surface area contributed by atoms with Crippen molar-refractivity contribution in [2.75, 3.05) is 19.8 Å². The van der Waals surface area contributed by atoms with Crippen molar-refractivity contribution in [3.8, 4) is 11.5 Å². The van der Waals surface area contributed by atoms with Gasteiger partial charge in [-0.15, -0.1) is 0 Å².